The molecule has 1 heterocycles. The van der Waals surface area contributed by atoms with E-state index in [1.165, 1.54) is 28.4 Å². The van der Waals surface area contributed by atoms with E-state index in [0.29, 0.717) is 17.5 Å². The minimum absolute atomic E-state index is 0.0000683. The molecule has 0 aromatic heterocycles. The number of phenolic OH excluding ortho intramolecular Hbond substituents is 1. The van der Waals surface area contributed by atoms with Gasteiger partial charge in [0, 0.05) is 24.7 Å². The van der Waals surface area contributed by atoms with Crippen LogP contribution in [0, 0.1) is 11.8 Å². The first-order valence-electron chi connectivity index (χ1n) is 13.1. The summed E-state index contributed by atoms with van der Waals surface area (Å²) in [5.74, 6) is -1.10. The summed E-state index contributed by atoms with van der Waals surface area (Å²) in [6.45, 7) is -1.17. The third-order valence-electron chi connectivity index (χ3n) is 7.97. The van der Waals surface area contributed by atoms with Crippen molar-refractivity contribution in [3.8, 4) is 34.5 Å². The molecule has 228 valence electrons. The molecular weight excluding hydrogens is 544 g/mol. The Morgan fingerprint density at radius 2 is 1.39 bits per heavy atom. The Balaban J connectivity index is 1.93. The van der Waals surface area contributed by atoms with E-state index in [2.05, 4.69) is 0 Å². The van der Waals surface area contributed by atoms with Crippen LogP contribution in [-0.4, -0.2) is 115 Å². The predicted molar refractivity (Wildman–Crippen MR) is 142 cm³/mol. The van der Waals surface area contributed by atoms with E-state index in [0.717, 1.165) is 5.56 Å². The van der Waals surface area contributed by atoms with E-state index < -0.39 is 49.1 Å². The van der Waals surface area contributed by atoms with E-state index in [9.17, 15) is 35.7 Å². The quantitative estimate of drug-likeness (QED) is 0.190. The van der Waals surface area contributed by atoms with E-state index in [4.69, 9.17) is 28.4 Å². The average molecular weight is 583 g/mol. The lowest BCUT2D eigenvalue weighted by molar-refractivity contribution is -0.277. The van der Waals surface area contributed by atoms with E-state index in [1.807, 2.05) is 0 Å². The number of phenols is 1. The fourth-order valence-electron chi connectivity index (χ4n) is 5.82. The number of hydrogen-bond acceptors (Lipinski definition) is 13. The van der Waals surface area contributed by atoms with Gasteiger partial charge in [0.05, 0.1) is 35.0 Å². The molecule has 0 unspecified atom stereocenters. The maximum atomic E-state index is 10.6. The molecule has 13 heteroatoms. The number of aliphatic hydroxyl groups excluding tert-OH is 6. The van der Waals surface area contributed by atoms with Crippen LogP contribution >= 0.6 is 0 Å². The van der Waals surface area contributed by atoms with Gasteiger partial charge in [-0.2, -0.15) is 0 Å². The van der Waals surface area contributed by atoms with Gasteiger partial charge in [0.2, 0.25) is 17.8 Å². The standard InChI is InChI=1S/C28H38O13/c1-36-16-6-13(7-17(37-2)22(16)32)20-15(10-30)14(9-29)5-12-8-18(38-3)26(27(39-4)21(12)20)41-28-25(35)24(34)23(33)19(11-31)40-28/h6-8,14-15,19-20,23-25,28-35H,5,9-11H2,1-4H3/t14-,15+,19+,20+,23-,24-,25-,28+/m1/s1. The molecule has 0 saturated carbocycles. The van der Waals surface area contributed by atoms with E-state index in [1.54, 1.807) is 18.2 Å². The molecule has 4 rings (SSSR count). The van der Waals surface area contributed by atoms with Gasteiger partial charge in [-0.25, -0.2) is 0 Å². The van der Waals surface area contributed by atoms with Crippen LogP contribution in [0.4, 0.5) is 0 Å². The van der Waals surface area contributed by atoms with Gasteiger partial charge in [0.1, 0.15) is 24.4 Å². The molecule has 0 radical (unpaired) electrons. The molecule has 2 aromatic rings. The van der Waals surface area contributed by atoms with Gasteiger partial charge in [0.15, 0.2) is 23.0 Å². The smallest absolute Gasteiger partial charge is 0.229 e. The van der Waals surface area contributed by atoms with Crippen molar-refractivity contribution in [2.45, 2.75) is 43.0 Å². The molecule has 13 nitrogen and oxygen atoms in total. The minimum Gasteiger partial charge on any atom is -0.502 e. The Hall–Kier alpha value is -3.04. The van der Waals surface area contributed by atoms with E-state index in [-0.39, 0.29) is 53.6 Å². The SMILES string of the molecule is COc1cc([C@@H]2c3c(cc(OC)c(O[C@@H]4O[C@@H](CO)[C@@H](O)[C@@H](O)[C@H]4O)c3OC)C[C@H](CO)[C@@H]2CO)cc(OC)c1O. The van der Waals surface area contributed by atoms with Gasteiger partial charge in [-0.3, -0.25) is 0 Å². The summed E-state index contributed by atoms with van der Waals surface area (Å²) in [4.78, 5) is 0. The molecule has 1 saturated heterocycles. The molecule has 41 heavy (non-hydrogen) atoms. The van der Waals surface area contributed by atoms with Crippen molar-refractivity contribution < 1.29 is 64.2 Å². The van der Waals surface area contributed by atoms with Crippen LogP contribution in [0.15, 0.2) is 18.2 Å². The van der Waals surface area contributed by atoms with Crippen LogP contribution in [0.1, 0.15) is 22.6 Å². The van der Waals surface area contributed by atoms with E-state index >= 15 is 0 Å². The zero-order valence-corrected chi connectivity index (χ0v) is 23.3. The number of fused-ring (bicyclic) bond motifs is 1. The second kappa shape index (κ2) is 12.9. The van der Waals surface area contributed by atoms with Crippen molar-refractivity contribution in [1.82, 2.24) is 0 Å². The molecule has 0 amide bonds. The maximum absolute atomic E-state index is 10.6. The van der Waals surface area contributed by atoms with Crippen LogP contribution in [0.2, 0.25) is 0 Å². The summed E-state index contributed by atoms with van der Waals surface area (Å²) in [5.41, 5.74) is 1.88. The van der Waals surface area contributed by atoms with Gasteiger partial charge in [0.25, 0.3) is 0 Å². The van der Waals surface area contributed by atoms with Crippen molar-refractivity contribution in [3.05, 3.63) is 34.9 Å². The number of methoxy groups -OCH3 is 4. The average Bonchev–Trinajstić information content (AvgIpc) is 2.99. The van der Waals surface area contributed by atoms with Crippen molar-refractivity contribution in [2.75, 3.05) is 48.3 Å². The van der Waals surface area contributed by atoms with Crippen LogP contribution in [0.5, 0.6) is 34.5 Å². The Morgan fingerprint density at radius 1 is 0.756 bits per heavy atom. The molecule has 0 bridgehead atoms. The second-order valence-electron chi connectivity index (χ2n) is 10.1. The van der Waals surface area contributed by atoms with Crippen molar-refractivity contribution >= 4 is 0 Å². The number of rotatable bonds is 10. The Labute approximate surface area is 237 Å². The summed E-state index contributed by atoms with van der Waals surface area (Å²) >= 11 is 0. The number of benzene rings is 2. The van der Waals surface area contributed by atoms with Crippen LogP contribution < -0.4 is 23.7 Å². The lowest BCUT2D eigenvalue weighted by Gasteiger charge is -2.41. The van der Waals surface area contributed by atoms with Crippen LogP contribution in [0.3, 0.4) is 0 Å². The topological polar surface area (TPSA) is 197 Å². The zero-order valence-electron chi connectivity index (χ0n) is 23.3. The molecule has 8 atom stereocenters. The Bertz CT molecular complexity index is 1180. The van der Waals surface area contributed by atoms with Crippen molar-refractivity contribution in [2.24, 2.45) is 11.8 Å². The fraction of sp³-hybridized carbons (Fsp3) is 0.571. The summed E-state index contributed by atoms with van der Waals surface area (Å²) in [6.07, 6.45) is -7.32. The van der Waals surface area contributed by atoms with Crippen molar-refractivity contribution in [3.63, 3.8) is 0 Å². The molecule has 1 fully saturated rings. The largest absolute Gasteiger partial charge is 0.502 e. The first-order chi connectivity index (χ1) is 19.7. The fourth-order valence-corrected chi connectivity index (χ4v) is 5.82. The van der Waals surface area contributed by atoms with Gasteiger partial charge < -0.3 is 64.2 Å². The summed E-state index contributed by atoms with van der Waals surface area (Å²) in [5, 5.41) is 72.1. The first kappa shape index (κ1) is 30.9. The van der Waals surface area contributed by atoms with Crippen LogP contribution in [-0.2, 0) is 11.2 Å². The third-order valence-corrected chi connectivity index (χ3v) is 7.97. The number of hydrogen-bond donors (Lipinski definition) is 7. The third kappa shape index (κ3) is 5.46. The van der Waals surface area contributed by atoms with Gasteiger partial charge in [-0.1, -0.05) is 0 Å². The number of aliphatic hydroxyl groups is 6. The number of ether oxygens (including phenoxy) is 6. The Kier molecular flexibility index (Phi) is 9.70. The highest BCUT2D eigenvalue weighted by molar-refractivity contribution is 5.64. The second-order valence-corrected chi connectivity index (χ2v) is 10.1. The first-order valence-corrected chi connectivity index (χ1v) is 13.1. The maximum Gasteiger partial charge on any atom is 0.229 e. The molecule has 2 aliphatic rings. The monoisotopic (exact) mass is 582 g/mol. The minimum atomic E-state index is -1.69. The highest BCUT2D eigenvalue weighted by Gasteiger charge is 2.46. The highest BCUT2D eigenvalue weighted by atomic mass is 16.7. The number of aromatic hydroxyl groups is 1. The summed E-state index contributed by atoms with van der Waals surface area (Å²) in [7, 11) is 5.59. The molecule has 0 spiro atoms. The molecule has 1 aliphatic carbocycles. The molecular formula is C28H38O13. The van der Waals surface area contributed by atoms with Crippen molar-refractivity contribution in [1.29, 1.82) is 0 Å². The summed E-state index contributed by atoms with van der Waals surface area (Å²) in [6, 6.07) is 4.91. The normalized spacial score (nSPS) is 29.4. The highest BCUT2D eigenvalue weighted by Crippen LogP contribution is 2.55. The molecule has 7 N–H and O–H groups in total. The lowest BCUT2D eigenvalue weighted by Crippen LogP contribution is -2.60. The Morgan fingerprint density at radius 3 is 1.90 bits per heavy atom. The van der Waals surface area contributed by atoms with Gasteiger partial charge in [-0.05, 0) is 47.6 Å². The molecule has 2 aromatic carbocycles. The van der Waals surface area contributed by atoms with Crippen LogP contribution in [0.25, 0.3) is 0 Å². The van der Waals surface area contributed by atoms with Gasteiger partial charge >= 0.3 is 0 Å². The molecule has 1 aliphatic heterocycles. The zero-order chi connectivity index (χ0) is 30.0. The predicted octanol–water partition coefficient (Wildman–Crippen LogP) is -0.490. The lowest BCUT2D eigenvalue weighted by atomic mass is 9.66. The summed E-state index contributed by atoms with van der Waals surface area (Å²) < 4.78 is 33.8. The van der Waals surface area contributed by atoms with Gasteiger partial charge in [-0.15, -0.1) is 0 Å².